The third-order valence-electron chi connectivity index (χ3n) is 13.1. The molecular weight excluding hydrogens is 1120 g/mol. The first-order valence-corrected chi connectivity index (χ1v) is 32.0. The molecule has 6 aromatic heterocycles. The largest absolute Gasteiger partial charge is 0.491 e. The molecule has 0 spiro atoms. The van der Waals surface area contributed by atoms with Crippen molar-refractivity contribution in [1.82, 2.24) is 0 Å². The monoisotopic (exact) mass is 1190 g/mol. The predicted octanol–water partition coefficient (Wildman–Crippen LogP) is 16.3. The molecule has 80 heavy (non-hydrogen) atoms. The first-order chi connectivity index (χ1) is 39.6. The minimum Gasteiger partial charge on any atom is -0.491 e. The molecule has 6 heterocycles. The first-order valence-electron chi connectivity index (χ1n) is 26.9. The maximum absolute atomic E-state index is 6.71. The molecule has 16 heteroatoms. The van der Waals surface area contributed by atoms with Crippen LogP contribution in [0.25, 0.3) is 71.7 Å². The molecule has 418 valence electrons. The van der Waals surface area contributed by atoms with Crippen LogP contribution < -0.4 is 9.47 Å². The lowest BCUT2D eigenvalue weighted by molar-refractivity contribution is 0.0179. The average Bonchev–Trinajstić information content (AvgIpc) is 4.38. The molecule has 10 aromatic rings. The summed E-state index contributed by atoms with van der Waals surface area (Å²) in [6, 6.07) is 43.6. The van der Waals surface area contributed by atoms with Crippen LogP contribution in [-0.2, 0) is 64.0 Å². The summed E-state index contributed by atoms with van der Waals surface area (Å²) in [6.07, 6.45) is 1.65. The molecule has 0 unspecified atom stereocenters. The van der Waals surface area contributed by atoms with Crippen molar-refractivity contribution in [2.24, 2.45) is 0 Å². The van der Waals surface area contributed by atoms with Gasteiger partial charge in [0, 0.05) is 64.4 Å². The summed E-state index contributed by atoms with van der Waals surface area (Å²) < 4.78 is 59.8. The Kier molecular flexibility index (Phi) is 22.4. The van der Waals surface area contributed by atoms with Gasteiger partial charge in [0.1, 0.15) is 24.7 Å². The highest BCUT2D eigenvalue weighted by Crippen LogP contribution is 2.47. The first kappa shape index (κ1) is 58.1. The van der Waals surface area contributed by atoms with E-state index in [1.807, 2.05) is 22.7 Å². The van der Waals surface area contributed by atoms with E-state index in [1.165, 1.54) is 50.1 Å². The molecule has 0 saturated carbocycles. The smallest absolute Gasteiger partial charge is 0.128 e. The van der Waals surface area contributed by atoms with Crippen molar-refractivity contribution in [3.63, 3.8) is 0 Å². The van der Waals surface area contributed by atoms with E-state index in [4.69, 9.17) is 47.4 Å². The summed E-state index contributed by atoms with van der Waals surface area (Å²) in [4.78, 5) is 10.5. The molecule has 10 rings (SSSR count). The van der Waals surface area contributed by atoms with Gasteiger partial charge in [-0.2, -0.15) is 0 Å². The van der Waals surface area contributed by atoms with E-state index in [-0.39, 0.29) is 0 Å². The second-order valence-corrected chi connectivity index (χ2v) is 24.5. The Bertz CT molecular complexity index is 3170. The van der Waals surface area contributed by atoms with Gasteiger partial charge in [-0.05, 0) is 139 Å². The van der Waals surface area contributed by atoms with Gasteiger partial charge in [0.15, 0.2) is 0 Å². The van der Waals surface area contributed by atoms with Crippen LogP contribution in [0, 0.1) is 0 Å². The molecule has 0 atom stereocenters. The van der Waals surface area contributed by atoms with Crippen LogP contribution in [0.5, 0.6) is 11.5 Å². The second kappa shape index (κ2) is 30.8. The molecule has 10 nitrogen and oxygen atoms in total. The van der Waals surface area contributed by atoms with Crippen molar-refractivity contribution >= 4 is 89.6 Å². The minimum atomic E-state index is 0.341. The van der Waals surface area contributed by atoms with Crippen molar-refractivity contribution in [3.05, 3.63) is 165 Å². The van der Waals surface area contributed by atoms with Gasteiger partial charge >= 0.3 is 0 Å². The molecule has 0 fully saturated rings. The molecule has 0 aliphatic carbocycles. The van der Waals surface area contributed by atoms with Gasteiger partial charge in [0.25, 0.3) is 0 Å². The van der Waals surface area contributed by atoms with Gasteiger partial charge in [-0.25, -0.2) is 0 Å². The predicted molar refractivity (Wildman–Crippen MR) is 334 cm³/mol. The van der Waals surface area contributed by atoms with E-state index in [2.05, 4.69) is 143 Å². The molecule has 0 bridgehead atoms. The topological polar surface area (TPSA) is 92.3 Å². The summed E-state index contributed by atoms with van der Waals surface area (Å²) >= 11 is 10.9. The number of benzene rings is 4. The van der Waals surface area contributed by atoms with Crippen molar-refractivity contribution in [2.45, 2.75) is 26.1 Å². The lowest BCUT2D eigenvalue weighted by atomic mass is 9.91. The Balaban J connectivity index is 0.898. The highest BCUT2D eigenvalue weighted by atomic mass is 32.1. The lowest BCUT2D eigenvalue weighted by Gasteiger charge is -2.20. The maximum Gasteiger partial charge on any atom is 0.128 e. The van der Waals surface area contributed by atoms with Crippen molar-refractivity contribution in [2.75, 3.05) is 107 Å². The molecule has 0 aliphatic heterocycles. The van der Waals surface area contributed by atoms with E-state index in [0.29, 0.717) is 106 Å². The van der Waals surface area contributed by atoms with Gasteiger partial charge in [0.2, 0.25) is 0 Å². The molecule has 0 aliphatic rings. The highest BCUT2D eigenvalue weighted by Gasteiger charge is 2.21. The zero-order chi connectivity index (χ0) is 54.6. The van der Waals surface area contributed by atoms with Gasteiger partial charge in [-0.15, -0.1) is 68.0 Å². The summed E-state index contributed by atoms with van der Waals surface area (Å²) in [5.41, 5.74) is 6.71. The van der Waals surface area contributed by atoms with E-state index in [1.54, 1.807) is 59.6 Å². The van der Waals surface area contributed by atoms with Gasteiger partial charge < -0.3 is 47.4 Å². The van der Waals surface area contributed by atoms with Crippen LogP contribution in [0.3, 0.4) is 0 Å². The summed E-state index contributed by atoms with van der Waals surface area (Å²) in [6.45, 7) is 7.65. The van der Waals surface area contributed by atoms with Crippen LogP contribution >= 0.6 is 68.0 Å². The molecule has 0 amide bonds. The van der Waals surface area contributed by atoms with Gasteiger partial charge in [-0.3, -0.25) is 0 Å². The van der Waals surface area contributed by atoms with E-state index in [9.17, 15) is 0 Å². The maximum atomic E-state index is 6.71. The fourth-order valence-electron chi connectivity index (χ4n) is 9.29. The normalized spacial score (nSPS) is 11.7. The molecular formula is C64H66O10S6. The fraction of sp³-hybridized carbons (Fsp3) is 0.312. The summed E-state index contributed by atoms with van der Waals surface area (Å²) in [5, 5.41) is 12.8. The standard InChI is InChI=1S/C64H66O10S6/c1-65-23-25-67-27-29-69-31-33-73-53-17-13-47-39-45(43-71-21-19-49-41-59(55-7-3-35-75-55)79-63(49)57-9-5-37-77-57)11-15-51(47)61(53)62-52-16-12-46(40-48(52)14-18-54(62)74-34-32-70-30-28-68-26-24-66-2)44-72-22-20-50-42-60(56-8-4-36-76-56)80-64(50)58-10-6-38-78-58/h3-18,35-42H,19-34,43-44H2,1-2H3. The summed E-state index contributed by atoms with van der Waals surface area (Å²) in [7, 11) is 3.33. The third kappa shape index (κ3) is 15.7. The number of fused-ring (bicyclic) bond motifs is 2. The lowest BCUT2D eigenvalue weighted by Crippen LogP contribution is -2.13. The van der Waals surface area contributed by atoms with Crippen molar-refractivity contribution < 1.29 is 47.4 Å². The van der Waals surface area contributed by atoms with E-state index in [0.717, 1.165) is 68.1 Å². The zero-order valence-electron chi connectivity index (χ0n) is 45.1. The molecule has 0 radical (unpaired) electrons. The average molecular weight is 1190 g/mol. The molecule has 4 aromatic carbocycles. The van der Waals surface area contributed by atoms with E-state index >= 15 is 0 Å². The fourth-order valence-corrected chi connectivity index (χ4v) is 15.1. The van der Waals surface area contributed by atoms with E-state index < -0.39 is 0 Å². The number of hydrogen-bond donors (Lipinski definition) is 0. The number of hydrogen-bond acceptors (Lipinski definition) is 16. The quantitative estimate of drug-likeness (QED) is 0.0358. The van der Waals surface area contributed by atoms with Crippen LogP contribution in [0.2, 0.25) is 0 Å². The van der Waals surface area contributed by atoms with Crippen LogP contribution in [0.4, 0.5) is 0 Å². The molecule has 0 N–H and O–H groups in total. The third-order valence-corrected chi connectivity index (χ3v) is 19.7. The van der Waals surface area contributed by atoms with Gasteiger partial charge in [-0.1, -0.05) is 60.7 Å². The Labute approximate surface area is 492 Å². The van der Waals surface area contributed by atoms with Gasteiger partial charge in [0.05, 0.1) is 92.5 Å². The molecule has 0 saturated heterocycles. The number of methoxy groups -OCH3 is 2. The number of rotatable bonds is 35. The second-order valence-electron chi connectivity index (χ2n) is 18.6. The van der Waals surface area contributed by atoms with Crippen molar-refractivity contribution in [1.29, 1.82) is 0 Å². The summed E-state index contributed by atoms with van der Waals surface area (Å²) in [5.74, 6) is 1.46. The van der Waals surface area contributed by atoms with Crippen LogP contribution in [-0.4, -0.2) is 107 Å². The van der Waals surface area contributed by atoms with Crippen LogP contribution in [0.15, 0.2) is 143 Å². The Hall–Kier alpha value is -5.12. The Morgan fingerprint density at radius 1 is 0.338 bits per heavy atom. The number of ether oxygens (including phenoxy) is 10. The Morgan fingerprint density at radius 2 is 0.725 bits per heavy atom. The highest BCUT2D eigenvalue weighted by molar-refractivity contribution is 7.26. The van der Waals surface area contributed by atoms with Crippen LogP contribution in [0.1, 0.15) is 22.3 Å². The number of thiophene rings is 6. The SMILES string of the molecule is COCCOCCOCCOc1ccc2cc(COCCc3cc(-c4cccs4)sc3-c3cccs3)ccc2c1-c1c(OCCOCCOCCOC)ccc2cc(COCCc3cc(-c4cccs4)sc3-c3cccs3)ccc12. The Morgan fingerprint density at radius 3 is 1.11 bits per heavy atom. The van der Waals surface area contributed by atoms with Crippen molar-refractivity contribution in [3.8, 4) is 61.6 Å². The minimum absolute atomic E-state index is 0.341. The zero-order valence-corrected chi connectivity index (χ0v) is 50.0.